The van der Waals surface area contributed by atoms with Crippen molar-refractivity contribution in [3.63, 3.8) is 0 Å². The van der Waals surface area contributed by atoms with Crippen molar-refractivity contribution in [2.45, 2.75) is 70.1 Å². The van der Waals surface area contributed by atoms with Gasteiger partial charge in [0.15, 0.2) is 0 Å². The Labute approximate surface area is 120 Å². The summed E-state index contributed by atoms with van der Waals surface area (Å²) in [4.78, 5) is 2.92. The van der Waals surface area contributed by atoms with Crippen molar-refractivity contribution >= 4 is 11.3 Å². The summed E-state index contributed by atoms with van der Waals surface area (Å²) in [6.45, 7) is 5.45. The molecule has 1 spiro atoms. The lowest BCUT2D eigenvalue weighted by Crippen LogP contribution is -2.52. The number of hydrogen-bond acceptors (Lipinski definition) is 3. The second kappa shape index (κ2) is 5.55. The first-order valence-electron chi connectivity index (χ1n) is 7.61. The second-order valence-corrected chi connectivity index (χ2v) is 7.73. The lowest BCUT2D eigenvalue weighted by molar-refractivity contribution is -0.136. The molecule has 19 heavy (non-hydrogen) atoms. The Bertz CT molecular complexity index is 424. The van der Waals surface area contributed by atoms with Gasteiger partial charge in [-0.2, -0.15) is 0 Å². The molecule has 2 aliphatic rings. The van der Waals surface area contributed by atoms with E-state index in [1.165, 1.54) is 41.9 Å². The zero-order valence-corrected chi connectivity index (χ0v) is 12.9. The highest BCUT2D eigenvalue weighted by Gasteiger charge is 2.42. The molecule has 2 unspecified atom stereocenters. The van der Waals surface area contributed by atoms with Crippen LogP contribution < -0.4 is 5.32 Å². The number of aryl methyl sites for hydroxylation is 1. The molecule has 0 amide bonds. The van der Waals surface area contributed by atoms with Gasteiger partial charge in [-0.15, -0.1) is 11.3 Å². The van der Waals surface area contributed by atoms with E-state index < -0.39 is 0 Å². The van der Waals surface area contributed by atoms with Crippen molar-refractivity contribution in [2.24, 2.45) is 0 Å². The van der Waals surface area contributed by atoms with Crippen molar-refractivity contribution in [3.05, 3.63) is 21.9 Å². The van der Waals surface area contributed by atoms with E-state index in [2.05, 4.69) is 31.3 Å². The van der Waals surface area contributed by atoms with E-state index in [4.69, 9.17) is 4.74 Å². The molecule has 0 bridgehead atoms. The van der Waals surface area contributed by atoms with E-state index in [1.807, 2.05) is 11.3 Å². The fourth-order valence-electron chi connectivity index (χ4n) is 3.45. The van der Waals surface area contributed by atoms with Gasteiger partial charge in [-0.25, -0.2) is 0 Å². The number of hydrogen-bond donors (Lipinski definition) is 1. The lowest BCUT2D eigenvalue weighted by atomic mass is 9.74. The van der Waals surface area contributed by atoms with E-state index in [9.17, 15) is 0 Å². The Hall–Kier alpha value is -0.380. The van der Waals surface area contributed by atoms with Crippen LogP contribution in [0.2, 0.25) is 0 Å². The topological polar surface area (TPSA) is 21.3 Å². The molecule has 1 saturated carbocycles. The highest BCUT2D eigenvalue weighted by molar-refractivity contribution is 7.11. The normalized spacial score (nSPS) is 27.2. The van der Waals surface area contributed by atoms with Gasteiger partial charge in [-0.3, -0.25) is 0 Å². The van der Waals surface area contributed by atoms with E-state index in [1.54, 1.807) is 0 Å². The summed E-state index contributed by atoms with van der Waals surface area (Å²) in [7, 11) is 0. The molecule has 2 nitrogen and oxygen atoms in total. The molecule has 1 aliphatic heterocycles. The average Bonchev–Trinajstić information content (AvgIpc) is 2.73. The Morgan fingerprint density at radius 2 is 2.32 bits per heavy atom. The van der Waals surface area contributed by atoms with Gasteiger partial charge < -0.3 is 10.1 Å². The van der Waals surface area contributed by atoms with Crippen LogP contribution in [0.3, 0.4) is 0 Å². The predicted octanol–water partition coefficient (Wildman–Crippen LogP) is 3.68. The number of rotatable bonds is 4. The summed E-state index contributed by atoms with van der Waals surface area (Å²) in [6.07, 6.45) is 7.48. The van der Waals surface area contributed by atoms with Crippen molar-refractivity contribution in [3.8, 4) is 0 Å². The largest absolute Gasteiger partial charge is 0.375 e. The monoisotopic (exact) mass is 279 g/mol. The maximum Gasteiger partial charge on any atom is 0.0697 e. The maximum absolute atomic E-state index is 6.00. The summed E-state index contributed by atoms with van der Waals surface area (Å²) in [5, 5.41) is 3.83. The molecule has 0 aromatic carbocycles. The van der Waals surface area contributed by atoms with Gasteiger partial charge in [0.2, 0.25) is 0 Å². The van der Waals surface area contributed by atoms with Crippen LogP contribution in [0.1, 0.15) is 48.8 Å². The molecule has 1 aromatic heterocycles. The Kier molecular flexibility index (Phi) is 3.97. The van der Waals surface area contributed by atoms with Crippen LogP contribution in [0.5, 0.6) is 0 Å². The summed E-state index contributed by atoms with van der Waals surface area (Å²) in [5.41, 5.74) is 0.259. The Balaban J connectivity index is 1.50. The van der Waals surface area contributed by atoms with Crippen molar-refractivity contribution in [1.82, 2.24) is 5.32 Å². The Morgan fingerprint density at radius 1 is 1.47 bits per heavy atom. The first-order chi connectivity index (χ1) is 9.15. The van der Waals surface area contributed by atoms with Gasteiger partial charge in [0.25, 0.3) is 0 Å². The minimum atomic E-state index is 0.259. The van der Waals surface area contributed by atoms with Crippen LogP contribution in [0.15, 0.2) is 12.1 Å². The summed E-state index contributed by atoms with van der Waals surface area (Å²) in [5.74, 6) is 0. The standard InChI is InChI=1S/C16H25NOS/c1-12(10-15-5-4-13(2)19-15)17-14-6-9-18-16(11-14)7-3-8-16/h4-5,12,14,17H,3,6-11H2,1-2H3. The average molecular weight is 279 g/mol. The minimum Gasteiger partial charge on any atom is -0.375 e. The van der Waals surface area contributed by atoms with Gasteiger partial charge in [-0.1, -0.05) is 0 Å². The van der Waals surface area contributed by atoms with Gasteiger partial charge in [-0.05, 0) is 64.5 Å². The van der Waals surface area contributed by atoms with Crippen LogP contribution in [-0.2, 0) is 11.2 Å². The van der Waals surface area contributed by atoms with E-state index in [0.29, 0.717) is 12.1 Å². The van der Waals surface area contributed by atoms with Crippen LogP contribution in [0, 0.1) is 6.92 Å². The summed E-state index contributed by atoms with van der Waals surface area (Å²) < 4.78 is 6.00. The zero-order valence-electron chi connectivity index (χ0n) is 12.1. The van der Waals surface area contributed by atoms with Crippen molar-refractivity contribution in [2.75, 3.05) is 6.61 Å². The van der Waals surface area contributed by atoms with E-state index in [-0.39, 0.29) is 5.60 Å². The molecule has 0 radical (unpaired) electrons. The SMILES string of the molecule is Cc1ccc(CC(C)NC2CCOC3(CCC3)C2)s1. The fourth-order valence-corrected chi connectivity index (χ4v) is 4.47. The highest BCUT2D eigenvalue weighted by atomic mass is 32.1. The maximum atomic E-state index is 6.00. The van der Waals surface area contributed by atoms with Crippen LogP contribution in [0.25, 0.3) is 0 Å². The Morgan fingerprint density at radius 3 is 2.95 bits per heavy atom. The summed E-state index contributed by atoms with van der Waals surface area (Å²) in [6, 6.07) is 5.73. The second-order valence-electron chi connectivity index (χ2n) is 6.36. The van der Waals surface area contributed by atoms with Gasteiger partial charge >= 0.3 is 0 Å². The van der Waals surface area contributed by atoms with Crippen LogP contribution in [-0.4, -0.2) is 24.3 Å². The van der Waals surface area contributed by atoms with Gasteiger partial charge in [0.1, 0.15) is 0 Å². The minimum absolute atomic E-state index is 0.259. The van der Waals surface area contributed by atoms with E-state index in [0.717, 1.165) is 13.0 Å². The highest BCUT2D eigenvalue weighted by Crippen LogP contribution is 2.42. The van der Waals surface area contributed by atoms with E-state index >= 15 is 0 Å². The first-order valence-corrected chi connectivity index (χ1v) is 8.42. The third kappa shape index (κ3) is 3.21. The summed E-state index contributed by atoms with van der Waals surface area (Å²) >= 11 is 1.93. The number of nitrogens with one attached hydrogen (secondary N) is 1. The van der Waals surface area contributed by atoms with Gasteiger partial charge in [0, 0.05) is 28.4 Å². The molecule has 106 valence electrons. The molecule has 2 heterocycles. The van der Waals surface area contributed by atoms with Crippen LogP contribution in [0.4, 0.5) is 0 Å². The number of ether oxygens (including phenoxy) is 1. The van der Waals surface area contributed by atoms with Gasteiger partial charge in [0.05, 0.1) is 5.60 Å². The molecule has 2 atom stereocenters. The number of thiophene rings is 1. The van der Waals surface area contributed by atoms with Crippen LogP contribution >= 0.6 is 11.3 Å². The molecule has 1 aliphatic carbocycles. The molecular formula is C16H25NOS. The molecule has 3 heteroatoms. The fraction of sp³-hybridized carbons (Fsp3) is 0.750. The third-order valence-corrected chi connectivity index (χ3v) is 5.60. The van der Waals surface area contributed by atoms with Crippen molar-refractivity contribution < 1.29 is 4.74 Å². The zero-order chi connectivity index (χ0) is 13.3. The first kappa shape index (κ1) is 13.6. The van der Waals surface area contributed by atoms with Crippen molar-refractivity contribution in [1.29, 1.82) is 0 Å². The molecule has 2 fully saturated rings. The molecular weight excluding hydrogens is 254 g/mol. The lowest BCUT2D eigenvalue weighted by Gasteiger charge is -2.47. The molecule has 1 aromatic rings. The quantitative estimate of drug-likeness (QED) is 0.908. The predicted molar refractivity (Wildman–Crippen MR) is 80.9 cm³/mol. The molecule has 1 saturated heterocycles. The molecule has 3 rings (SSSR count). The molecule has 1 N–H and O–H groups in total. The third-order valence-electron chi connectivity index (χ3n) is 4.58. The smallest absolute Gasteiger partial charge is 0.0697 e.